The Hall–Kier alpha value is -0.616. The molecule has 2 nitrogen and oxygen atoms in total. The molecule has 0 saturated carbocycles. The molecule has 1 aliphatic heterocycles. The number of aromatic nitrogens is 1. The van der Waals surface area contributed by atoms with Gasteiger partial charge in [0.05, 0.1) is 16.1 Å². The zero-order valence-electron chi connectivity index (χ0n) is 12.6. The molecule has 0 N–H and O–H groups in total. The first-order chi connectivity index (χ1) is 8.12. The van der Waals surface area contributed by atoms with Gasteiger partial charge in [0.2, 0.25) is 5.56 Å². The largest absolute Gasteiger partial charge is 0.313 e. The molecule has 0 fully saturated rings. The molecular weight excluding hydrogens is 254 g/mol. The molecule has 1 aliphatic rings. The molecule has 0 saturated heterocycles. The molecule has 4 heteroatoms. The monoisotopic (exact) mass is 279 g/mol. The first kappa shape index (κ1) is 13.8. The van der Waals surface area contributed by atoms with Crippen LogP contribution < -0.4 is 15.9 Å². The van der Waals surface area contributed by atoms with Crippen molar-refractivity contribution in [2.45, 2.75) is 58.7 Å². The Balaban J connectivity index is 2.81. The molecule has 100 valence electrons. The van der Waals surface area contributed by atoms with Crippen molar-refractivity contribution in [3.8, 4) is 0 Å². The van der Waals surface area contributed by atoms with Gasteiger partial charge in [-0.1, -0.05) is 44.5 Å². The molecular formula is C14H25NOSi2. The number of rotatable bonds is 2. The highest BCUT2D eigenvalue weighted by Crippen LogP contribution is 2.13. The zero-order chi connectivity index (χ0) is 13.7. The lowest BCUT2D eigenvalue weighted by molar-refractivity contribution is 0.725. The number of hydrogen-bond acceptors (Lipinski definition) is 1. The molecule has 0 unspecified atom stereocenters. The molecule has 0 amide bonds. The second kappa shape index (κ2) is 4.20. The first-order valence-electron chi connectivity index (χ1n) is 6.90. The predicted molar refractivity (Wildman–Crippen MR) is 85.0 cm³/mol. The summed E-state index contributed by atoms with van der Waals surface area (Å²) in [5, 5.41) is 2.63. The SMILES string of the molecule is C[Si](C)(C)c1cc2n(c(=O)c1[Si](C)(C)C)CCC2. The minimum Gasteiger partial charge on any atom is -0.313 e. The van der Waals surface area contributed by atoms with Crippen molar-refractivity contribution in [3.05, 3.63) is 22.1 Å². The summed E-state index contributed by atoms with van der Waals surface area (Å²) in [6.07, 6.45) is 2.22. The molecule has 1 aromatic heterocycles. The van der Waals surface area contributed by atoms with Crippen molar-refractivity contribution < 1.29 is 0 Å². The lowest BCUT2D eigenvalue weighted by Gasteiger charge is -2.28. The van der Waals surface area contributed by atoms with E-state index in [9.17, 15) is 4.79 Å². The van der Waals surface area contributed by atoms with Gasteiger partial charge in [-0.2, -0.15) is 0 Å². The molecule has 0 spiro atoms. The van der Waals surface area contributed by atoms with Gasteiger partial charge in [0, 0.05) is 17.4 Å². The number of pyridine rings is 1. The summed E-state index contributed by atoms with van der Waals surface area (Å²) in [6, 6.07) is 2.37. The Bertz CT molecular complexity index is 532. The topological polar surface area (TPSA) is 22.0 Å². The highest BCUT2D eigenvalue weighted by atomic mass is 28.3. The lowest BCUT2D eigenvalue weighted by Crippen LogP contribution is -2.64. The molecule has 0 bridgehead atoms. The van der Waals surface area contributed by atoms with Crippen molar-refractivity contribution in [2.75, 3.05) is 0 Å². The van der Waals surface area contributed by atoms with E-state index in [0.29, 0.717) is 5.56 Å². The van der Waals surface area contributed by atoms with Gasteiger partial charge in [-0.3, -0.25) is 4.79 Å². The quantitative estimate of drug-likeness (QED) is 0.758. The Morgan fingerprint density at radius 2 is 1.67 bits per heavy atom. The summed E-state index contributed by atoms with van der Waals surface area (Å²) in [5.74, 6) is 0. The molecule has 0 atom stereocenters. The van der Waals surface area contributed by atoms with Crippen molar-refractivity contribution in [2.24, 2.45) is 0 Å². The third kappa shape index (κ3) is 2.28. The average Bonchev–Trinajstić information content (AvgIpc) is 2.61. The van der Waals surface area contributed by atoms with Crippen molar-refractivity contribution in [1.82, 2.24) is 4.57 Å². The van der Waals surface area contributed by atoms with Crippen molar-refractivity contribution in [3.63, 3.8) is 0 Å². The van der Waals surface area contributed by atoms with E-state index in [4.69, 9.17) is 0 Å². The normalized spacial score (nSPS) is 15.9. The molecule has 2 rings (SSSR count). The van der Waals surface area contributed by atoms with Crippen molar-refractivity contribution >= 4 is 26.5 Å². The van der Waals surface area contributed by atoms with Crippen LogP contribution in [-0.2, 0) is 13.0 Å². The minimum atomic E-state index is -1.57. The predicted octanol–water partition coefficient (Wildman–Crippen LogP) is 1.88. The second-order valence-corrected chi connectivity index (χ2v) is 17.5. The van der Waals surface area contributed by atoms with E-state index in [1.807, 2.05) is 4.57 Å². The standard InChI is InChI=1S/C14H25NOSi2/c1-17(2,3)12-10-11-8-7-9-15(11)14(16)13(12)18(4,5)6/h10H,7-9H2,1-6H3. The van der Waals surface area contributed by atoms with Gasteiger partial charge >= 0.3 is 0 Å². The van der Waals surface area contributed by atoms with Gasteiger partial charge in [0.1, 0.15) is 0 Å². The summed E-state index contributed by atoms with van der Waals surface area (Å²) < 4.78 is 2.04. The van der Waals surface area contributed by atoms with Gasteiger partial charge in [-0.25, -0.2) is 0 Å². The van der Waals surface area contributed by atoms with Crippen LogP contribution in [0.25, 0.3) is 0 Å². The molecule has 0 aromatic carbocycles. The van der Waals surface area contributed by atoms with Crippen LogP contribution in [0.15, 0.2) is 10.9 Å². The van der Waals surface area contributed by atoms with Gasteiger partial charge in [-0.15, -0.1) is 0 Å². The fraction of sp³-hybridized carbons (Fsp3) is 0.643. The van der Waals surface area contributed by atoms with Crippen LogP contribution in [0, 0.1) is 0 Å². The molecule has 1 aromatic rings. The van der Waals surface area contributed by atoms with Crippen LogP contribution in [0.3, 0.4) is 0 Å². The number of hydrogen-bond donors (Lipinski definition) is 0. The maximum Gasteiger partial charge on any atom is 0.249 e. The van der Waals surface area contributed by atoms with Gasteiger partial charge in [0.25, 0.3) is 0 Å². The lowest BCUT2D eigenvalue weighted by atomic mass is 10.3. The maximum atomic E-state index is 12.8. The first-order valence-corrected chi connectivity index (χ1v) is 13.9. The van der Waals surface area contributed by atoms with Gasteiger partial charge in [-0.05, 0) is 18.9 Å². The summed E-state index contributed by atoms with van der Waals surface area (Å²) in [6.45, 7) is 14.9. The Labute approximate surface area is 112 Å². The Morgan fingerprint density at radius 3 is 2.17 bits per heavy atom. The van der Waals surface area contributed by atoms with E-state index < -0.39 is 16.1 Å². The Kier molecular flexibility index (Phi) is 3.22. The average molecular weight is 280 g/mol. The number of aryl methyl sites for hydroxylation is 1. The summed E-state index contributed by atoms with van der Waals surface area (Å²) >= 11 is 0. The summed E-state index contributed by atoms with van der Waals surface area (Å²) in [5.41, 5.74) is 1.61. The highest BCUT2D eigenvalue weighted by molar-refractivity contribution is 6.98. The van der Waals surface area contributed by atoms with Crippen LogP contribution in [0.2, 0.25) is 39.3 Å². The fourth-order valence-corrected chi connectivity index (χ4v) is 8.25. The van der Waals surface area contributed by atoms with E-state index in [0.717, 1.165) is 19.4 Å². The maximum absolute atomic E-state index is 12.8. The highest BCUT2D eigenvalue weighted by Gasteiger charge is 2.32. The third-order valence-corrected chi connectivity index (χ3v) is 8.00. The Morgan fingerprint density at radius 1 is 1.06 bits per heavy atom. The van der Waals surface area contributed by atoms with E-state index in [1.54, 1.807) is 0 Å². The van der Waals surface area contributed by atoms with E-state index in [1.165, 1.54) is 16.1 Å². The van der Waals surface area contributed by atoms with Crippen LogP contribution in [-0.4, -0.2) is 20.7 Å². The number of nitrogens with zero attached hydrogens (tertiary/aromatic N) is 1. The molecule has 0 aliphatic carbocycles. The second-order valence-electron chi connectivity index (χ2n) is 7.48. The van der Waals surface area contributed by atoms with E-state index >= 15 is 0 Å². The van der Waals surface area contributed by atoms with Crippen LogP contribution in [0.4, 0.5) is 0 Å². The number of fused-ring (bicyclic) bond motifs is 1. The molecule has 0 radical (unpaired) electrons. The minimum absolute atomic E-state index is 0.335. The van der Waals surface area contributed by atoms with E-state index in [2.05, 4.69) is 45.3 Å². The van der Waals surface area contributed by atoms with E-state index in [-0.39, 0.29) is 0 Å². The van der Waals surface area contributed by atoms with Gasteiger partial charge < -0.3 is 4.57 Å². The summed E-state index contributed by atoms with van der Waals surface area (Å²) in [7, 11) is -3.01. The fourth-order valence-electron chi connectivity index (χ4n) is 2.88. The molecule has 18 heavy (non-hydrogen) atoms. The summed E-state index contributed by atoms with van der Waals surface area (Å²) in [4.78, 5) is 12.8. The zero-order valence-corrected chi connectivity index (χ0v) is 14.6. The molecule has 2 heterocycles. The third-order valence-electron chi connectivity index (χ3n) is 3.76. The van der Waals surface area contributed by atoms with Crippen LogP contribution in [0.5, 0.6) is 0 Å². The van der Waals surface area contributed by atoms with Crippen LogP contribution >= 0.6 is 0 Å². The van der Waals surface area contributed by atoms with Crippen molar-refractivity contribution in [1.29, 1.82) is 0 Å². The smallest absolute Gasteiger partial charge is 0.249 e. The van der Waals surface area contributed by atoms with Crippen LogP contribution in [0.1, 0.15) is 12.1 Å². The van der Waals surface area contributed by atoms with Gasteiger partial charge in [0.15, 0.2) is 0 Å².